The number of rotatable bonds is 3. The van der Waals surface area contributed by atoms with E-state index in [-0.39, 0.29) is 24.0 Å². The predicted molar refractivity (Wildman–Crippen MR) is 97.4 cm³/mol. The molecule has 0 radical (unpaired) electrons. The van der Waals surface area contributed by atoms with Gasteiger partial charge in [0.05, 0.1) is 18.3 Å². The third-order valence-corrected chi connectivity index (χ3v) is 5.52. The molecule has 5 rings (SSSR count). The minimum absolute atomic E-state index is 0.0971. The van der Waals surface area contributed by atoms with Crippen molar-refractivity contribution in [3.8, 4) is 11.1 Å². The summed E-state index contributed by atoms with van der Waals surface area (Å²) < 4.78 is 19.0. The van der Waals surface area contributed by atoms with E-state index in [0.29, 0.717) is 17.3 Å². The Kier molecular flexibility index (Phi) is 4.36. The molecule has 1 N–H and O–H groups in total. The Balaban J connectivity index is 1.54. The number of aromatic nitrogens is 1. The lowest BCUT2D eigenvalue weighted by Crippen LogP contribution is -2.67. The molecule has 1 aromatic heterocycles. The summed E-state index contributed by atoms with van der Waals surface area (Å²) in [5, 5.41) is 2.99. The van der Waals surface area contributed by atoms with Crippen LogP contribution in [0.2, 0.25) is 0 Å². The molecule has 1 aromatic carbocycles. The zero-order chi connectivity index (χ0) is 18.3. The Bertz CT molecular complexity index is 840. The van der Waals surface area contributed by atoms with Crippen LogP contribution < -0.4 is 5.32 Å². The number of nitrogens with zero attached hydrogens (tertiary/aromatic N) is 2. The minimum atomic E-state index is -0.379. The van der Waals surface area contributed by atoms with Crippen molar-refractivity contribution in [2.24, 2.45) is 0 Å². The number of hydrogen-bond donors (Lipinski definition) is 1. The fraction of sp³-hybridized carbons (Fsp3) is 0.400. The summed E-state index contributed by atoms with van der Waals surface area (Å²) in [7, 11) is 1.71. The second kappa shape index (κ2) is 6.68. The summed E-state index contributed by atoms with van der Waals surface area (Å²) in [6, 6.07) is 7.48. The molecular weight excluding hydrogens is 333 g/mol. The quantitative estimate of drug-likeness (QED) is 0.906. The molecule has 136 valence electrons. The second-order valence-electron chi connectivity index (χ2n) is 7.07. The first kappa shape index (κ1) is 17.0. The van der Waals surface area contributed by atoms with Gasteiger partial charge in [0.1, 0.15) is 5.82 Å². The number of hydrogen-bond acceptors (Lipinski definition) is 3. The number of urea groups is 1. The van der Waals surface area contributed by atoms with Gasteiger partial charge in [-0.3, -0.25) is 4.98 Å². The van der Waals surface area contributed by atoms with Gasteiger partial charge in [-0.05, 0) is 55.5 Å². The van der Waals surface area contributed by atoms with Crippen molar-refractivity contribution in [2.45, 2.75) is 44.4 Å². The van der Waals surface area contributed by atoms with Gasteiger partial charge in [-0.15, -0.1) is 0 Å². The van der Waals surface area contributed by atoms with Gasteiger partial charge in [0.2, 0.25) is 0 Å². The van der Waals surface area contributed by atoms with Gasteiger partial charge < -0.3 is 15.0 Å². The zero-order valence-electron chi connectivity index (χ0n) is 14.9. The van der Waals surface area contributed by atoms with Crippen LogP contribution in [0.3, 0.4) is 0 Å². The maximum absolute atomic E-state index is 13.5. The minimum Gasteiger partial charge on any atom is -0.379 e. The maximum Gasteiger partial charge on any atom is 0.322 e. The van der Waals surface area contributed by atoms with Crippen LogP contribution in [-0.4, -0.2) is 41.2 Å². The first-order chi connectivity index (χ1) is 12.6. The van der Waals surface area contributed by atoms with Crippen LogP contribution in [0.4, 0.5) is 14.9 Å². The molecule has 3 aliphatic rings. The Labute approximate surface area is 152 Å². The average Bonchev–Trinajstić information content (AvgIpc) is 2.63. The van der Waals surface area contributed by atoms with Gasteiger partial charge in [0.15, 0.2) is 0 Å². The number of nitrogens with one attached hydrogen (secondary N) is 1. The van der Waals surface area contributed by atoms with E-state index in [4.69, 9.17) is 4.74 Å². The molecule has 26 heavy (non-hydrogen) atoms. The summed E-state index contributed by atoms with van der Waals surface area (Å²) >= 11 is 0. The lowest BCUT2D eigenvalue weighted by atomic mass is 9.78. The fourth-order valence-electron chi connectivity index (χ4n) is 4.12. The monoisotopic (exact) mass is 355 g/mol. The maximum atomic E-state index is 13.5. The number of halogens is 1. The van der Waals surface area contributed by atoms with Crippen LogP contribution in [0.1, 0.15) is 24.8 Å². The first-order valence-electron chi connectivity index (χ1n) is 8.90. The Morgan fingerprint density at radius 1 is 1.31 bits per heavy atom. The first-order valence-corrected chi connectivity index (χ1v) is 8.90. The average molecular weight is 355 g/mol. The van der Waals surface area contributed by atoms with E-state index in [0.717, 1.165) is 30.4 Å². The number of benzene rings is 1. The van der Waals surface area contributed by atoms with Gasteiger partial charge in [0.25, 0.3) is 0 Å². The summed E-state index contributed by atoms with van der Waals surface area (Å²) in [6.45, 7) is 1.95. The highest BCUT2D eigenvalue weighted by molar-refractivity contribution is 5.91. The molecule has 2 saturated heterocycles. The molecule has 3 fully saturated rings. The van der Waals surface area contributed by atoms with E-state index in [1.165, 1.54) is 12.3 Å². The number of carbonyl (C=O) groups excluding carboxylic acids is 1. The van der Waals surface area contributed by atoms with Crippen molar-refractivity contribution >= 4 is 11.7 Å². The third-order valence-electron chi connectivity index (χ3n) is 5.52. The Hall–Kier alpha value is -2.47. The van der Waals surface area contributed by atoms with Crippen molar-refractivity contribution in [3.05, 3.63) is 48.0 Å². The molecule has 3 heterocycles. The Morgan fingerprint density at radius 3 is 2.88 bits per heavy atom. The molecular formula is C20H22FN3O2. The number of methoxy groups -OCH3 is 1. The lowest BCUT2D eigenvalue weighted by Gasteiger charge is -2.55. The highest BCUT2D eigenvalue weighted by Gasteiger charge is 2.49. The van der Waals surface area contributed by atoms with Gasteiger partial charge in [-0.25, -0.2) is 9.18 Å². The number of anilines is 1. The van der Waals surface area contributed by atoms with E-state index in [1.54, 1.807) is 13.3 Å². The molecule has 3 atom stereocenters. The molecule has 2 aliphatic heterocycles. The molecule has 1 saturated carbocycles. The van der Waals surface area contributed by atoms with Crippen molar-refractivity contribution in [2.75, 3.05) is 12.4 Å². The predicted octanol–water partition coefficient (Wildman–Crippen LogP) is 3.98. The SMILES string of the molecule is CO[C@H]1CC[C@@H]2C[C@H]1N2C(=O)Nc1ccc(C)c(-c2cncc(F)c2)c1. The molecule has 0 unspecified atom stereocenters. The highest BCUT2D eigenvalue weighted by atomic mass is 19.1. The number of aryl methyl sites for hydroxylation is 1. The summed E-state index contributed by atoms with van der Waals surface area (Å²) in [6.07, 6.45) is 5.94. The zero-order valence-corrected chi connectivity index (χ0v) is 14.9. The molecule has 0 spiro atoms. The summed E-state index contributed by atoms with van der Waals surface area (Å²) in [5.74, 6) is -0.379. The third kappa shape index (κ3) is 2.94. The summed E-state index contributed by atoms with van der Waals surface area (Å²) in [4.78, 5) is 18.6. The van der Waals surface area contributed by atoms with Crippen molar-refractivity contribution < 1.29 is 13.9 Å². The lowest BCUT2D eigenvalue weighted by molar-refractivity contribution is -0.0881. The van der Waals surface area contributed by atoms with Gasteiger partial charge in [-0.1, -0.05) is 6.07 Å². The molecule has 2 amide bonds. The van der Waals surface area contributed by atoms with Crippen LogP contribution in [-0.2, 0) is 4.74 Å². The van der Waals surface area contributed by atoms with Gasteiger partial charge in [-0.2, -0.15) is 0 Å². The number of piperidine rings is 1. The second-order valence-corrected chi connectivity index (χ2v) is 7.07. The largest absolute Gasteiger partial charge is 0.379 e. The van der Waals surface area contributed by atoms with Crippen molar-refractivity contribution in [1.82, 2.24) is 9.88 Å². The molecule has 5 nitrogen and oxygen atoms in total. The number of pyridine rings is 1. The smallest absolute Gasteiger partial charge is 0.322 e. The van der Waals surface area contributed by atoms with E-state index >= 15 is 0 Å². The van der Waals surface area contributed by atoms with Crippen LogP contribution in [0.25, 0.3) is 11.1 Å². The number of carbonyl (C=O) groups is 1. The van der Waals surface area contributed by atoms with E-state index < -0.39 is 0 Å². The van der Waals surface area contributed by atoms with Crippen LogP contribution in [0.15, 0.2) is 36.7 Å². The van der Waals surface area contributed by atoms with E-state index in [1.807, 2.05) is 30.0 Å². The van der Waals surface area contributed by atoms with E-state index in [2.05, 4.69) is 10.3 Å². The van der Waals surface area contributed by atoms with Gasteiger partial charge >= 0.3 is 6.03 Å². The van der Waals surface area contributed by atoms with Crippen LogP contribution in [0, 0.1) is 12.7 Å². The van der Waals surface area contributed by atoms with Crippen molar-refractivity contribution in [3.63, 3.8) is 0 Å². The normalized spacial score (nSPS) is 24.1. The number of ether oxygens (including phenoxy) is 1. The fourth-order valence-corrected chi connectivity index (χ4v) is 4.12. The van der Waals surface area contributed by atoms with Crippen molar-refractivity contribution in [1.29, 1.82) is 0 Å². The molecule has 2 aromatic rings. The standard InChI is InChI=1S/C20H22FN3O2/c1-12-3-4-15(8-17(12)13-7-14(21)11-22-10-13)23-20(25)24-16-5-6-19(26-2)18(24)9-16/h3-4,7-8,10-11,16,18-19H,5-6,9H2,1-2H3,(H,23,25)/t16-,18-,19+/m1/s1. The van der Waals surface area contributed by atoms with Crippen LogP contribution >= 0.6 is 0 Å². The number of fused-ring (bicyclic) bond motifs is 2. The highest BCUT2D eigenvalue weighted by Crippen LogP contribution is 2.40. The summed E-state index contributed by atoms with van der Waals surface area (Å²) in [5.41, 5.74) is 3.24. The van der Waals surface area contributed by atoms with Gasteiger partial charge in [0, 0.05) is 30.6 Å². The Morgan fingerprint density at radius 2 is 2.15 bits per heavy atom. The van der Waals surface area contributed by atoms with Crippen LogP contribution in [0.5, 0.6) is 0 Å². The molecule has 1 aliphatic carbocycles. The molecule has 6 heteroatoms. The molecule has 2 bridgehead atoms. The van der Waals surface area contributed by atoms with E-state index in [9.17, 15) is 9.18 Å². The number of amides is 2. The topological polar surface area (TPSA) is 54.5 Å².